The summed E-state index contributed by atoms with van der Waals surface area (Å²) in [6, 6.07) is 11.6. The number of hydrogen-bond donors (Lipinski definition) is 0. The highest BCUT2D eigenvalue weighted by molar-refractivity contribution is 7.15. The number of aromatic nitrogens is 2. The van der Waals surface area contributed by atoms with Crippen LogP contribution in [0.1, 0.15) is 21.8 Å². The molecule has 4 heterocycles. The van der Waals surface area contributed by atoms with Crippen molar-refractivity contribution in [1.82, 2.24) is 19.2 Å². The van der Waals surface area contributed by atoms with Gasteiger partial charge in [0, 0.05) is 49.0 Å². The summed E-state index contributed by atoms with van der Waals surface area (Å²) in [6.07, 6.45) is 3.81. The van der Waals surface area contributed by atoms with Crippen molar-refractivity contribution in [3.63, 3.8) is 0 Å². The number of rotatable bonds is 4. The van der Waals surface area contributed by atoms with Gasteiger partial charge in [-0.1, -0.05) is 29.8 Å². The molecule has 1 saturated heterocycles. The molecule has 1 aliphatic rings. The van der Waals surface area contributed by atoms with E-state index < -0.39 is 0 Å². The Kier molecular flexibility index (Phi) is 5.07. The maximum Gasteiger partial charge on any atom is 0.289 e. The van der Waals surface area contributed by atoms with Crippen molar-refractivity contribution in [3.05, 3.63) is 71.3 Å². The van der Waals surface area contributed by atoms with Gasteiger partial charge in [0.15, 0.2) is 10.7 Å². The fraction of sp³-hybridized carbons (Fsp3) is 0.261. The highest BCUT2D eigenvalue weighted by atomic mass is 32.1. The van der Waals surface area contributed by atoms with E-state index in [0.29, 0.717) is 38.4 Å². The number of furan rings is 1. The molecule has 158 valence electrons. The normalized spacial score (nSPS) is 14.4. The van der Waals surface area contributed by atoms with E-state index in [0.717, 1.165) is 21.9 Å². The first-order valence-corrected chi connectivity index (χ1v) is 11.1. The summed E-state index contributed by atoms with van der Waals surface area (Å²) in [5.41, 5.74) is 4.12. The number of thiazole rings is 1. The van der Waals surface area contributed by atoms with Gasteiger partial charge in [0.25, 0.3) is 5.91 Å². The molecule has 0 atom stereocenters. The summed E-state index contributed by atoms with van der Waals surface area (Å²) in [7, 11) is 0. The van der Waals surface area contributed by atoms with E-state index in [9.17, 15) is 9.59 Å². The fourth-order valence-corrected chi connectivity index (χ4v) is 4.67. The number of benzene rings is 1. The van der Waals surface area contributed by atoms with Crippen LogP contribution in [-0.4, -0.2) is 57.2 Å². The lowest BCUT2D eigenvalue weighted by Gasteiger charge is -2.34. The van der Waals surface area contributed by atoms with Gasteiger partial charge in [-0.15, -0.1) is 11.3 Å². The first kappa shape index (κ1) is 19.6. The van der Waals surface area contributed by atoms with Crippen LogP contribution in [0.5, 0.6) is 0 Å². The van der Waals surface area contributed by atoms with E-state index in [-0.39, 0.29) is 11.8 Å². The molecule has 3 aromatic heterocycles. The molecule has 0 unspecified atom stereocenters. The maximum absolute atomic E-state index is 12.9. The Morgan fingerprint density at radius 2 is 1.81 bits per heavy atom. The number of piperazine rings is 1. The van der Waals surface area contributed by atoms with Gasteiger partial charge in [-0.05, 0) is 19.1 Å². The van der Waals surface area contributed by atoms with Crippen molar-refractivity contribution < 1.29 is 14.0 Å². The minimum atomic E-state index is -0.126. The number of carbonyl (C=O) groups is 2. The molecule has 4 aromatic rings. The van der Waals surface area contributed by atoms with Gasteiger partial charge in [0.2, 0.25) is 5.91 Å². The van der Waals surface area contributed by atoms with E-state index in [1.54, 1.807) is 28.4 Å². The molecular formula is C23H22N4O3S. The van der Waals surface area contributed by atoms with Gasteiger partial charge in [0.1, 0.15) is 0 Å². The molecule has 31 heavy (non-hydrogen) atoms. The third-order valence-electron chi connectivity index (χ3n) is 5.61. The van der Waals surface area contributed by atoms with Crippen LogP contribution in [0, 0.1) is 6.92 Å². The second-order valence-corrected chi connectivity index (χ2v) is 8.54. The number of imidazole rings is 1. The molecule has 7 nitrogen and oxygen atoms in total. The Morgan fingerprint density at radius 1 is 1.06 bits per heavy atom. The fourth-order valence-electron chi connectivity index (χ4n) is 3.80. The van der Waals surface area contributed by atoms with Crippen molar-refractivity contribution in [1.29, 1.82) is 0 Å². The van der Waals surface area contributed by atoms with Gasteiger partial charge >= 0.3 is 0 Å². The predicted octanol–water partition coefficient (Wildman–Crippen LogP) is 3.49. The van der Waals surface area contributed by atoms with Crippen molar-refractivity contribution in [2.45, 2.75) is 13.3 Å². The molecule has 5 rings (SSSR count). The molecule has 0 radical (unpaired) electrons. The van der Waals surface area contributed by atoms with Crippen LogP contribution in [-0.2, 0) is 11.2 Å². The van der Waals surface area contributed by atoms with Crippen LogP contribution < -0.4 is 0 Å². The SMILES string of the molecule is Cc1ccc(-c2cn3c(CC(=O)N4CCN(C(=O)c5ccco5)CC4)csc3n2)cc1. The lowest BCUT2D eigenvalue weighted by Crippen LogP contribution is -2.51. The minimum absolute atomic E-state index is 0.0652. The lowest BCUT2D eigenvalue weighted by molar-refractivity contribution is -0.132. The smallest absolute Gasteiger partial charge is 0.289 e. The van der Waals surface area contributed by atoms with Crippen LogP contribution >= 0.6 is 11.3 Å². The first-order chi connectivity index (χ1) is 15.1. The summed E-state index contributed by atoms with van der Waals surface area (Å²) < 4.78 is 7.20. The van der Waals surface area contributed by atoms with Gasteiger partial charge in [-0.25, -0.2) is 4.98 Å². The third kappa shape index (κ3) is 3.86. The summed E-state index contributed by atoms with van der Waals surface area (Å²) in [4.78, 5) is 34.5. The average molecular weight is 435 g/mol. The summed E-state index contributed by atoms with van der Waals surface area (Å²) in [5.74, 6) is 0.277. The first-order valence-electron chi connectivity index (χ1n) is 10.2. The van der Waals surface area contributed by atoms with Gasteiger partial charge in [-0.3, -0.25) is 14.0 Å². The van der Waals surface area contributed by atoms with Crippen LogP contribution in [0.4, 0.5) is 0 Å². The Bertz CT molecular complexity index is 1220. The molecule has 1 aliphatic heterocycles. The molecule has 0 bridgehead atoms. The highest BCUT2D eigenvalue weighted by Gasteiger charge is 2.26. The number of amides is 2. The number of fused-ring (bicyclic) bond motifs is 1. The standard InChI is InChI=1S/C23H22N4O3S/c1-16-4-6-17(7-5-16)19-14-27-18(15-31-23(27)24-19)13-21(28)25-8-10-26(11-9-25)22(29)20-3-2-12-30-20/h2-7,12,14-15H,8-11,13H2,1H3. The number of aryl methyl sites for hydroxylation is 1. The quantitative estimate of drug-likeness (QED) is 0.493. The van der Waals surface area contributed by atoms with Gasteiger partial charge < -0.3 is 14.2 Å². The zero-order chi connectivity index (χ0) is 21.4. The minimum Gasteiger partial charge on any atom is -0.459 e. The topological polar surface area (TPSA) is 71.1 Å². The third-order valence-corrected chi connectivity index (χ3v) is 6.50. The molecule has 0 saturated carbocycles. The van der Waals surface area contributed by atoms with Crippen molar-refractivity contribution in [2.24, 2.45) is 0 Å². The Morgan fingerprint density at radius 3 is 2.52 bits per heavy atom. The number of nitrogens with zero attached hydrogens (tertiary/aromatic N) is 4. The largest absolute Gasteiger partial charge is 0.459 e. The Hall–Kier alpha value is -3.39. The maximum atomic E-state index is 12.9. The molecule has 0 spiro atoms. The van der Waals surface area contributed by atoms with Gasteiger partial charge in [-0.2, -0.15) is 0 Å². The Labute approximate surface area is 183 Å². The molecule has 0 aliphatic carbocycles. The second-order valence-electron chi connectivity index (χ2n) is 7.70. The van der Waals surface area contributed by atoms with Crippen LogP contribution in [0.25, 0.3) is 16.2 Å². The van der Waals surface area contributed by atoms with Crippen molar-refractivity contribution in [3.8, 4) is 11.3 Å². The second kappa shape index (κ2) is 8.03. The summed E-state index contributed by atoms with van der Waals surface area (Å²) >= 11 is 1.54. The molecule has 0 N–H and O–H groups in total. The van der Waals surface area contributed by atoms with Crippen LogP contribution in [0.3, 0.4) is 0 Å². The monoisotopic (exact) mass is 434 g/mol. The number of carbonyl (C=O) groups excluding carboxylic acids is 2. The summed E-state index contributed by atoms with van der Waals surface area (Å²) in [6.45, 7) is 4.13. The van der Waals surface area contributed by atoms with Crippen LogP contribution in [0.15, 0.2) is 58.7 Å². The average Bonchev–Trinajstić information content (AvgIpc) is 3.53. The van der Waals surface area contributed by atoms with Crippen molar-refractivity contribution in [2.75, 3.05) is 26.2 Å². The zero-order valence-electron chi connectivity index (χ0n) is 17.2. The van der Waals surface area contributed by atoms with E-state index in [2.05, 4.69) is 31.2 Å². The molecule has 1 fully saturated rings. The van der Waals surface area contributed by atoms with E-state index in [4.69, 9.17) is 9.40 Å². The molecule has 1 aromatic carbocycles. The van der Waals surface area contributed by atoms with E-state index in [1.165, 1.54) is 11.8 Å². The molecular weight excluding hydrogens is 412 g/mol. The zero-order valence-corrected chi connectivity index (χ0v) is 18.0. The Balaban J connectivity index is 1.24. The van der Waals surface area contributed by atoms with E-state index >= 15 is 0 Å². The predicted molar refractivity (Wildman–Crippen MR) is 118 cm³/mol. The highest BCUT2D eigenvalue weighted by Crippen LogP contribution is 2.24. The molecule has 8 heteroatoms. The number of hydrogen-bond acceptors (Lipinski definition) is 5. The molecule has 2 amide bonds. The van der Waals surface area contributed by atoms with Gasteiger partial charge in [0.05, 0.1) is 18.4 Å². The lowest BCUT2D eigenvalue weighted by atomic mass is 10.1. The summed E-state index contributed by atoms with van der Waals surface area (Å²) in [5, 5.41) is 2.00. The van der Waals surface area contributed by atoms with Crippen molar-refractivity contribution >= 4 is 28.1 Å². The van der Waals surface area contributed by atoms with E-state index in [1.807, 2.05) is 20.9 Å². The van der Waals surface area contributed by atoms with Crippen LogP contribution in [0.2, 0.25) is 0 Å².